The molecule has 3 aromatic rings. The Morgan fingerprint density at radius 3 is 2.66 bits per heavy atom. The van der Waals surface area contributed by atoms with Crippen LogP contribution in [0.3, 0.4) is 0 Å². The number of morpholine rings is 1. The van der Waals surface area contributed by atoms with Crippen LogP contribution in [0.2, 0.25) is 5.02 Å². The monoisotopic (exact) mass is 415 g/mol. The van der Waals surface area contributed by atoms with E-state index in [0.29, 0.717) is 31.3 Å². The molecule has 0 saturated carbocycles. The minimum atomic E-state index is -0.862. The first-order valence-corrected chi connectivity index (χ1v) is 9.42. The van der Waals surface area contributed by atoms with Gasteiger partial charge in [-0.2, -0.15) is 0 Å². The normalized spacial score (nSPS) is 14.3. The number of amides is 1. The van der Waals surface area contributed by atoms with Gasteiger partial charge in [0.15, 0.2) is 11.3 Å². The Hall–Kier alpha value is -3.10. The van der Waals surface area contributed by atoms with Crippen LogP contribution in [0.15, 0.2) is 52.4 Å². The Balaban J connectivity index is 1.77. The van der Waals surface area contributed by atoms with Gasteiger partial charge in [0, 0.05) is 36.7 Å². The highest BCUT2D eigenvalue weighted by atomic mass is 35.5. The molecule has 150 valence electrons. The summed E-state index contributed by atoms with van der Waals surface area (Å²) in [6.07, 6.45) is 4.35. The molecular formula is C20H18ClN3O5. The first-order chi connectivity index (χ1) is 14.0. The summed E-state index contributed by atoms with van der Waals surface area (Å²) in [6.45, 7) is 1.73. The second kappa shape index (κ2) is 7.73. The Kier molecular flexibility index (Phi) is 5.12. The first-order valence-electron chi connectivity index (χ1n) is 9.04. The summed E-state index contributed by atoms with van der Waals surface area (Å²) >= 11 is 5.99. The molecule has 0 aliphatic carbocycles. The number of carbonyl (C=O) groups is 1. The Labute approximate surface area is 170 Å². The number of benzene rings is 1. The van der Waals surface area contributed by atoms with Gasteiger partial charge in [0.1, 0.15) is 5.56 Å². The lowest BCUT2D eigenvalue weighted by atomic mass is 10.2. The summed E-state index contributed by atoms with van der Waals surface area (Å²) in [7, 11) is 0. The maximum atomic E-state index is 12.9. The molecule has 2 aromatic heterocycles. The SMILES string of the molecule is O=C(c1cn2ccn(Cc3cccc(Cl)c3)c(=O)c2c(O)c1=O)N1CCOCC1. The highest BCUT2D eigenvalue weighted by molar-refractivity contribution is 6.30. The van der Waals surface area contributed by atoms with Crippen molar-refractivity contribution in [1.82, 2.24) is 13.9 Å². The molecule has 0 unspecified atom stereocenters. The van der Waals surface area contributed by atoms with E-state index in [1.54, 1.807) is 18.2 Å². The summed E-state index contributed by atoms with van der Waals surface area (Å²) in [5.74, 6) is -1.24. The molecule has 3 heterocycles. The van der Waals surface area contributed by atoms with E-state index in [0.717, 1.165) is 5.56 Å². The van der Waals surface area contributed by atoms with Crippen LogP contribution in [0.4, 0.5) is 0 Å². The van der Waals surface area contributed by atoms with E-state index < -0.39 is 22.6 Å². The van der Waals surface area contributed by atoms with E-state index in [4.69, 9.17) is 16.3 Å². The molecule has 29 heavy (non-hydrogen) atoms. The molecule has 0 atom stereocenters. The number of carbonyl (C=O) groups excluding carboxylic acids is 1. The number of rotatable bonds is 3. The number of hydrogen-bond acceptors (Lipinski definition) is 5. The van der Waals surface area contributed by atoms with E-state index in [-0.39, 0.29) is 17.6 Å². The number of nitrogens with zero attached hydrogens (tertiary/aromatic N) is 3. The van der Waals surface area contributed by atoms with Crippen molar-refractivity contribution in [3.05, 3.63) is 79.6 Å². The summed E-state index contributed by atoms with van der Waals surface area (Å²) in [5.41, 5.74) is -0.983. The fraction of sp³-hybridized carbons (Fsp3) is 0.250. The van der Waals surface area contributed by atoms with Crippen LogP contribution in [-0.4, -0.2) is 51.2 Å². The Morgan fingerprint density at radius 1 is 1.17 bits per heavy atom. The summed E-state index contributed by atoms with van der Waals surface area (Å²) in [4.78, 5) is 39.7. The lowest BCUT2D eigenvalue weighted by Gasteiger charge is -2.26. The Morgan fingerprint density at radius 2 is 1.93 bits per heavy atom. The third kappa shape index (κ3) is 3.64. The maximum Gasteiger partial charge on any atom is 0.279 e. The molecule has 4 rings (SSSR count). The van der Waals surface area contributed by atoms with Gasteiger partial charge in [0.25, 0.3) is 11.5 Å². The van der Waals surface area contributed by atoms with Crippen molar-refractivity contribution in [3.8, 4) is 5.75 Å². The standard InChI is InChI=1S/C20H18ClN3O5/c21-14-3-1-2-13(10-14)11-24-5-4-23-12-15(17(25)18(26)16(23)20(24)28)19(27)22-6-8-29-9-7-22/h1-5,10,12,26H,6-9,11H2. The van der Waals surface area contributed by atoms with Crippen LogP contribution in [0.1, 0.15) is 15.9 Å². The number of pyridine rings is 1. The number of hydrogen-bond donors (Lipinski definition) is 1. The van der Waals surface area contributed by atoms with E-state index in [9.17, 15) is 19.5 Å². The zero-order valence-electron chi connectivity index (χ0n) is 15.4. The van der Waals surface area contributed by atoms with Gasteiger partial charge in [0.05, 0.1) is 19.8 Å². The highest BCUT2D eigenvalue weighted by Crippen LogP contribution is 2.15. The molecule has 1 fully saturated rings. The number of aromatic nitrogens is 2. The number of aromatic hydroxyl groups is 1. The molecule has 0 radical (unpaired) electrons. The molecule has 0 spiro atoms. The van der Waals surface area contributed by atoms with Crippen LogP contribution in [-0.2, 0) is 11.3 Å². The molecule has 1 saturated heterocycles. The molecule has 1 amide bonds. The molecule has 1 aliphatic heterocycles. The predicted molar refractivity (Wildman–Crippen MR) is 107 cm³/mol. The number of fused-ring (bicyclic) bond motifs is 1. The smallest absolute Gasteiger partial charge is 0.279 e. The fourth-order valence-corrected chi connectivity index (χ4v) is 3.56. The van der Waals surface area contributed by atoms with Crippen LogP contribution < -0.4 is 11.0 Å². The molecule has 1 N–H and O–H groups in total. The average molecular weight is 416 g/mol. The molecule has 1 aromatic carbocycles. The average Bonchev–Trinajstić information content (AvgIpc) is 2.72. The van der Waals surface area contributed by atoms with E-state index in [1.807, 2.05) is 6.07 Å². The fourth-order valence-electron chi connectivity index (χ4n) is 3.35. The van der Waals surface area contributed by atoms with Gasteiger partial charge in [-0.1, -0.05) is 23.7 Å². The van der Waals surface area contributed by atoms with Crippen LogP contribution in [0.5, 0.6) is 5.75 Å². The highest BCUT2D eigenvalue weighted by Gasteiger charge is 2.24. The third-order valence-electron chi connectivity index (χ3n) is 4.85. The largest absolute Gasteiger partial charge is 0.503 e. The van der Waals surface area contributed by atoms with Crippen molar-refractivity contribution < 1.29 is 14.6 Å². The Bertz CT molecular complexity index is 1210. The minimum absolute atomic E-state index is 0.182. The van der Waals surface area contributed by atoms with Crippen molar-refractivity contribution in [3.63, 3.8) is 0 Å². The van der Waals surface area contributed by atoms with Crippen LogP contribution >= 0.6 is 11.6 Å². The van der Waals surface area contributed by atoms with Crippen molar-refractivity contribution >= 4 is 23.0 Å². The predicted octanol–water partition coefficient (Wildman–Crippen LogP) is 1.34. The topological polar surface area (TPSA) is 93.2 Å². The lowest BCUT2D eigenvalue weighted by molar-refractivity contribution is 0.0301. The second-order valence-corrected chi connectivity index (χ2v) is 7.18. The third-order valence-corrected chi connectivity index (χ3v) is 5.09. The van der Waals surface area contributed by atoms with Gasteiger partial charge < -0.3 is 23.7 Å². The lowest BCUT2D eigenvalue weighted by Crippen LogP contribution is -2.42. The molecule has 9 heteroatoms. The molecule has 0 bridgehead atoms. The van der Waals surface area contributed by atoms with Gasteiger partial charge in [-0.3, -0.25) is 14.4 Å². The van der Waals surface area contributed by atoms with Gasteiger partial charge in [-0.05, 0) is 17.7 Å². The van der Waals surface area contributed by atoms with Crippen LogP contribution in [0.25, 0.3) is 5.52 Å². The second-order valence-electron chi connectivity index (χ2n) is 6.74. The van der Waals surface area contributed by atoms with E-state index in [1.165, 1.54) is 32.5 Å². The van der Waals surface area contributed by atoms with Gasteiger partial charge >= 0.3 is 0 Å². The minimum Gasteiger partial charge on any atom is -0.503 e. The summed E-state index contributed by atoms with van der Waals surface area (Å²) in [6, 6.07) is 7.05. The van der Waals surface area contributed by atoms with Gasteiger partial charge in [-0.25, -0.2) is 0 Å². The van der Waals surface area contributed by atoms with E-state index in [2.05, 4.69) is 0 Å². The first kappa shape index (κ1) is 19.2. The van der Waals surface area contributed by atoms with Gasteiger partial charge in [-0.15, -0.1) is 0 Å². The van der Waals surface area contributed by atoms with Crippen molar-refractivity contribution in [2.45, 2.75) is 6.54 Å². The zero-order valence-corrected chi connectivity index (χ0v) is 16.1. The molecule has 1 aliphatic rings. The zero-order chi connectivity index (χ0) is 20.5. The number of ether oxygens (including phenoxy) is 1. The van der Waals surface area contributed by atoms with Crippen molar-refractivity contribution in [2.24, 2.45) is 0 Å². The molecule has 8 nitrogen and oxygen atoms in total. The van der Waals surface area contributed by atoms with Crippen LogP contribution in [0, 0.1) is 0 Å². The number of halogens is 1. The van der Waals surface area contributed by atoms with E-state index >= 15 is 0 Å². The molecular weight excluding hydrogens is 398 g/mol. The van der Waals surface area contributed by atoms with Crippen molar-refractivity contribution in [2.75, 3.05) is 26.3 Å². The van der Waals surface area contributed by atoms with Crippen molar-refractivity contribution in [1.29, 1.82) is 0 Å². The van der Waals surface area contributed by atoms with Gasteiger partial charge in [0.2, 0.25) is 5.43 Å². The quantitative estimate of drug-likeness (QED) is 0.696. The summed E-state index contributed by atoms with van der Waals surface area (Å²) < 4.78 is 7.89. The summed E-state index contributed by atoms with van der Waals surface area (Å²) in [5, 5.41) is 11.0. The maximum absolute atomic E-state index is 12.9.